The van der Waals surface area contributed by atoms with Gasteiger partial charge in [-0.1, -0.05) is 13.0 Å². The van der Waals surface area contributed by atoms with E-state index in [0.29, 0.717) is 18.1 Å². The van der Waals surface area contributed by atoms with Gasteiger partial charge in [-0.25, -0.2) is 0 Å². The summed E-state index contributed by atoms with van der Waals surface area (Å²) in [4.78, 5) is 0. The maximum atomic E-state index is 3.79. The molecular formula is C13H23N3. The van der Waals surface area contributed by atoms with Crippen LogP contribution < -0.4 is 16.0 Å². The first-order valence-corrected chi connectivity index (χ1v) is 6.73. The van der Waals surface area contributed by atoms with Crippen molar-refractivity contribution >= 4 is 0 Å². The lowest BCUT2D eigenvalue weighted by Gasteiger charge is -2.36. The summed E-state index contributed by atoms with van der Waals surface area (Å²) >= 11 is 0. The standard InChI is InChI=1S/C13H23N3/c1-9-6-11(8-14-7-9)12-3-2-10-4-5-15-13(10)16-12/h6,9-10,12-16H,2-5,7-8H2,1H3/t9-,10?,12?,13?/m0/s1. The van der Waals surface area contributed by atoms with Crippen molar-refractivity contribution in [3.05, 3.63) is 11.6 Å². The van der Waals surface area contributed by atoms with E-state index in [-0.39, 0.29) is 0 Å². The van der Waals surface area contributed by atoms with E-state index >= 15 is 0 Å². The lowest BCUT2D eigenvalue weighted by molar-refractivity contribution is 0.258. The van der Waals surface area contributed by atoms with Crippen molar-refractivity contribution in [1.29, 1.82) is 0 Å². The SMILES string of the molecule is C[C@H]1C=C(C2CCC3CCNC3N2)CNC1. The van der Waals surface area contributed by atoms with E-state index in [1.807, 2.05) is 0 Å². The molecule has 0 aliphatic carbocycles. The zero-order chi connectivity index (χ0) is 11.0. The molecule has 0 aromatic carbocycles. The number of nitrogens with one attached hydrogen (secondary N) is 3. The summed E-state index contributed by atoms with van der Waals surface area (Å²) in [5, 5.41) is 10.9. The van der Waals surface area contributed by atoms with Crippen LogP contribution >= 0.6 is 0 Å². The average molecular weight is 221 g/mol. The Morgan fingerprint density at radius 3 is 3.06 bits per heavy atom. The Kier molecular flexibility index (Phi) is 3.01. The zero-order valence-corrected chi connectivity index (χ0v) is 10.1. The molecule has 90 valence electrons. The van der Waals surface area contributed by atoms with Gasteiger partial charge in [-0.2, -0.15) is 0 Å². The third-order valence-electron chi connectivity index (χ3n) is 4.30. The van der Waals surface area contributed by atoms with Crippen molar-refractivity contribution < 1.29 is 0 Å². The van der Waals surface area contributed by atoms with Crippen LogP contribution in [0.1, 0.15) is 26.2 Å². The molecule has 2 saturated heterocycles. The van der Waals surface area contributed by atoms with E-state index in [1.165, 1.54) is 25.8 Å². The zero-order valence-electron chi connectivity index (χ0n) is 10.1. The lowest BCUT2D eigenvalue weighted by Crippen LogP contribution is -2.53. The van der Waals surface area contributed by atoms with Crippen LogP contribution in [0.2, 0.25) is 0 Å². The minimum atomic E-state index is 0.580. The molecule has 0 radical (unpaired) electrons. The van der Waals surface area contributed by atoms with Gasteiger partial charge in [0.25, 0.3) is 0 Å². The van der Waals surface area contributed by atoms with Gasteiger partial charge in [-0.3, -0.25) is 5.32 Å². The van der Waals surface area contributed by atoms with E-state index in [4.69, 9.17) is 0 Å². The van der Waals surface area contributed by atoms with Gasteiger partial charge in [0.2, 0.25) is 0 Å². The maximum Gasteiger partial charge on any atom is 0.0605 e. The molecule has 3 heterocycles. The molecule has 3 aliphatic heterocycles. The molecule has 4 atom stereocenters. The van der Waals surface area contributed by atoms with Crippen LogP contribution in [0.3, 0.4) is 0 Å². The van der Waals surface area contributed by atoms with Crippen LogP contribution in [0.25, 0.3) is 0 Å². The Hall–Kier alpha value is -0.380. The summed E-state index contributed by atoms with van der Waals surface area (Å²) in [6.07, 6.45) is 7.13. The quantitative estimate of drug-likeness (QED) is 0.574. The van der Waals surface area contributed by atoms with Crippen molar-refractivity contribution in [2.24, 2.45) is 11.8 Å². The van der Waals surface area contributed by atoms with Gasteiger partial charge in [0, 0.05) is 19.1 Å². The Labute approximate surface area is 98.1 Å². The molecule has 3 aliphatic rings. The predicted octanol–water partition coefficient (Wildman–Crippen LogP) is 0.840. The van der Waals surface area contributed by atoms with Gasteiger partial charge >= 0.3 is 0 Å². The second-order valence-corrected chi connectivity index (χ2v) is 5.63. The minimum Gasteiger partial charge on any atom is -0.312 e. The van der Waals surface area contributed by atoms with Crippen LogP contribution in [-0.2, 0) is 0 Å². The molecule has 3 N–H and O–H groups in total. The molecule has 16 heavy (non-hydrogen) atoms. The van der Waals surface area contributed by atoms with Gasteiger partial charge in [0.15, 0.2) is 0 Å². The number of piperidine rings is 1. The van der Waals surface area contributed by atoms with Gasteiger partial charge in [-0.05, 0) is 43.2 Å². The Balaban J connectivity index is 1.67. The topological polar surface area (TPSA) is 36.1 Å². The lowest BCUT2D eigenvalue weighted by atomic mass is 9.86. The second kappa shape index (κ2) is 4.47. The summed E-state index contributed by atoms with van der Waals surface area (Å²) in [6, 6.07) is 0.613. The summed E-state index contributed by atoms with van der Waals surface area (Å²) in [6.45, 7) is 5.72. The number of rotatable bonds is 1. The predicted molar refractivity (Wildman–Crippen MR) is 66.2 cm³/mol. The summed E-state index contributed by atoms with van der Waals surface area (Å²) < 4.78 is 0. The normalized spacial score (nSPS) is 43.9. The fraction of sp³-hybridized carbons (Fsp3) is 0.846. The van der Waals surface area contributed by atoms with E-state index in [2.05, 4.69) is 29.0 Å². The fourth-order valence-corrected chi connectivity index (χ4v) is 3.40. The van der Waals surface area contributed by atoms with Crippen LogP contribution in [-0.4, -0.2) is 31.8 Å². The molecule has 3 nitrogen and oxygen atoms in total. The third-order valence-corrected chi connectivity index (χ3v) is 4.30. The Morgan fingerprint density at radius 1 is 1.25 bits per heavy atom. The minimum absolute atomic E-state index is 0.580. The smallest absolute Gasteiger partial charge is 0.0605 e. The van der Waals surface area contributed by atoms with Crippen molar-refractivity contribution in [3.8, 4) is 0 Å². The molecule has 0 aromatic rings. The first-order valence-electron chi connectivity index (χ1n) is 6.73. The number of hydrogen-bond donors (Lipinski definition) is 3. The van der Waals surface area contributed by atoms with Gasteiger partial charge in [-0.15, -0.1) is 0 Å². The second-order valence-electron chi connectivity index (χ2n) is 5.63. The first kappa shape index (κ1) is 10.8. The Bertz CT molecular complexity index is 287. The van der Waals surface area contributed by atoms with Crippen molar-refractivity contribution in [2.75, 3.05) is 19.6 Å². The summed E-state index contributed by atoms with van der Waals surface area (Å²) in [5.74, 6) is 1.57. The largest absolute Gasteiger partial charge is 0.312 e. The molecule has 3 rings (SSSR count). The van der Waals surface area contributed by atoms with Crippen LogP contribution in [0, 0.1) is 11.8 Å². The van der Waals surface area contributed by atoms with Gasteiger partial charge < -0.3 is 10.6 Å². The highest BCUT2D eigenvalue weighted by molar-refractivity contribution is 5.18. The average Bonchev–Trinajstić information content (AvgIpc) is 2.75. The van der Waals surface area contributed by atoms with Crippen molar-refractivity contribution in [1.82, 2.24) is 16.0 Å². The summed E-state index contributed by atoms with van der Waals surface area (Å²) in [7, 11) is 0. The van der Waals surface area contributed by atoms with Gasteiger partial charge in [0.05, 0.1) is 6.17 Å². The highest BCUT2D eigenvalue weighted by atomic mass is 15.2. The van der Waals surface area contributed by atoms with Gasteiger partial charge in [0.1, 0.15) is 0 Å². The molecule has 0 spiro atoms. The van der Waals surface area contributed by atoms with E-state index in [9.17, 15) is 0 Å². The molecule has 0 amide bonds. The maximum absolute atomic E-state index is 3.79. The molecule has 0 saturated carbocycles. The number of fused-ring (bicyclic) bond motifs is 1. The molecular weight excluding hydrogens is 198 g/mol. The monoisotopic (exact) mass is 221 g/mol. The van der Waals surface area contributed by atoms with E-state index < -0.39 is 0 Å². The van der Waals surface area contributed by atoms with Crippen LogP contribution in [0.15, 0.2) is 11.6 Å². The van der Waals surface area contributed by atoms with E-state index in [1.54, 1.807) is 5.57 Å². The summed E-state index contributed by atoms with van der Waals surface area (Å²) in [5.41, 5.74) is 1.59. The first-order chi connectivity index (χ1) is 7.83. The van der Waals surface area contributed by atoms with Crippen LogP contribution in [0.4, 0.5) is 0 Å². The molecule has 3 heteroatoms. The van der Waals surface area contributed by atoms with E-state index in [0.717, 1.165) is 19.0 Å². The highest BCUT2D eigenvalue weighted by Crippen LogP contribution is 2.28. The number of hydrogen-bond acceptors (Lipinski definition) is 3. The molecule has 3 unspecified atom stereocenters. The van der Waals surface area contributed by atoms with Crippen LogP contribution in [0.5, 0.6) is 0 Å². The van der Waals surface area contributed by atoms with Crippen molar-refractivity contribution in [3.63, 3.8) is 0 Å². The highest BCUT2D eigenvalue weighted by Gasteiger charge is 2.34. The molecule has 2 fully saturated rings. The fourth-order valence-electron chi connectivity index (χ4n) is 3.40. The Morgan fingerprint density at radius 2 is 2.19 bits per heavy atom. The molecule has 0 aromatic heterocycles. The van der Waals surface area contributed by atoms with Crippen molar-refractivity contribution in [2.45, 2.75) is 38.4 Å². The molecule has 0 bridgehead atoms. The third kappa shape index (κ3) is 2.04.